The van der Waals surface area contributed by atoms with Crippen molar-refractivity contribution in [1.29, 1.82) is 0 Å². The van der Waals surface area contributed by atoms with E-state index in [0.29, 0.717) is 19.0 Å². The highest BCUT2D eigenvalue weighted by atomic mass is 35.5. The highest BCUT2D eigenvalue weighted by Gasteiger charge is 2.37. The van der Waals surface area contributed by atoms with E-state index in [4.69, 9.17) is 28.3 Å². The van der Waals surface area contributed by atoms with Gasteiger partial charge in [-0.3, -0.25) is 9.69 Å². The van der Waals surface area contributed by atoms with Crippen molar-refractivity contribution in [2.45, 2.75) is 49.8 Å². The molecule has 1 atom stereocenters. The third-order valence-corrected chi connectivity index (χ3v) is 9.00. The second kappa shape index (κ2) is 12.3. The van der Waals surface area contributed by atoms with Crippen LogP contribution in [0, 0.1) is 0 Å². The number of amides is 2. The van der Waals surface area contributed by atoms with Gasteiger partial charge in [-0.2, -0.15) is 13.2 Å². The number of hydrogen-bond acceptors (Lipinski definition) is 5. The van der Waals surface area contributed by atoms with Gasteiger partial charge in [-0.1, -0.05) is 36.5 Å². The third-order valence-electron chi connectivity index (χ3n) is 6.65. The van der Waals surface area contributed by atoms with Gasteiger partial charge in [0.25, 0.3) is 5.91 Å². The summed E-state index contributed by atoms with van der Waals surface area (Å²) in [6.45, 7) is 1.73. The fourth-order valence-electron chi connectivity index (χ4n) is 4.56. The average Bonchev–Trinajstić information content (AvgIpc) is 2.87. The highest BCUT2D eigenvalue weighted by molar-refractivity contribution is 7.91. The maximum atomic E-state index is 14.2. The van der Waals surface area contributed by atoms with E-state index in [1.165, 1.54) is 32.2 Å². The summed E-state index contributed by atoms with van der Waals surface area (Å²) in [5.41, 5.74) is -1.80. The monoisotopic (exact) mass is 609 g/mol. The van der Waals surface area contributed by atoms with Crippen LogP contribution in [0.4, 0.5) is 23.7 Å². The molecule has 39 heavy (non-hydrogen) atoms. The Hall–Kier alpha value is -2.54. The van der Waals surface area contributed by atoms with Crippen LogP contribution in [-0.2, 0) is 22.6 Å². The van der Waals surface area contributed by atoms with Crippen LogP contribution in [0.3, 0.4) is 0 Å². The minimum atomic E-state index is -4.86. The van der Waals surface area contributed by atoms with Gasteiger partial charge in [0.1, 0.15) is 0 Å². The van der Waals surface area contributed by atoms with Gasteiger partial charge >= 0.3 is 12.3 Å². The first-order chi connectivity index (χ1) is 18.2. The van der Waals surface area contributed by atoms with Crippen LogP contribution >= 0.6 is 23.2 Å². The summed E-state index contributed by atoms with van der Waals surface area (Å²) in [6, 6.07) is 5.35. The van der Waals surface area contributed by atoms with Gasteiger partial charge < -0.3 is 15.3 Å². The predicted octanol–water partition coefficient (Wildman–Crippen LogP) is 5.70. The number of halogens is 5. The van der Waals surface area contributed by atoms with E-state index in [2.05, 4.69) is 5.32 Å². The van der Waals surface area contributed by atoms with Gasteiger partial charge in [-0.05, 0) is 55.3 Å². The lowest BCUT2D eigenvalue weighted by molar-refractivity contribution is -0.138. The second-order valence-corrected chi connectivity index (χ2v) is 12.3. The first kappa shape index (κ1) is 31.0. The molecule has 3 rings (SSSR count). The van der Waals surface area contributed by atoms with E-state index in [-0.39, 0.29) is 56.6 Å². The number of nitrogens with zero attached hydrogens (tertiary/aromatic N) is 2. The molecule has 0 unspecified atom stereocenters. The predicted molar refractivity (Wildman–Crippen MR) is 142 cm³/mol. The molecule has 0 saturated carbocycles. The minimum absolute atomic E-state index is 0.0539. The molecular weight excluding hydrogens is 582 g/mol. The number of hydrogen-bond donors (Lipinski definition) is 2. The molecule has 1 saturated heterocycles. The van der Waals surface area contributed by atoms with Crippen LogP contribution in [0.25, 0.3) is 0 Å². The summed E-state index contributed by atoms with van der Waals surface area (Å²) in [4.78, 5) is 26.8. The zero-order valence-corrected chi connectivity index (χ0v) is 23.5. The Balaban J connectivity index is 2.01. The van der Waals surface area contributed by atoms with Crippen molar-refractivity contribution in [1.82, 2.24) is 10.2 Å². The largest absolute Gasteiger partial charge is 0.465 e. The van der Waals surface area contributed by atoms with Crippen molar-refractivity contribution in [3.05, 3.63) is 57.1 Å². The number of carbonyl (C=O) groups excluding carboxylic acids is 1. The molecule has 0 aliphatic carbocycles. The molecule has 1 heterocycles. The standard InChI is InChI=1S/C25H28Cl2F3N3O5S/c1-3-39(37,38)22-8-7-16(26)12-21(22)32(2)23(34)15-10-19(25(28,29)30)18(20(27)11-15)14-33-9-5-4-6-17(33)13-31-24(35)36/h7-8,10-12,17,31H,3-6,9,13-14H2,1-2H3,(H,35,36)/t17-/m1/s1. The number of carboxylic acid groups (broad SMARTS) is 1. The number of piperidine rings is 1. The lowest BCUT2D eigenvalue weighted by Crippen LogP contribution is -2.46. The number of anilines is 1. The van der Waals surface area contributed by atoms with Crippen LogP contribution in [-0.4, -0.2) is 62.4 Å². The molecule has 1 fully saturated rings. The molecule has 8 nitrogen and oxygen atoms in total. The molecule has 0 spiro atoms. The summed E-state index contributed by atoms with van der Waals surface area (Å²) >= 11 is 12.4. The average molecular weight is 610 g/mol. The Kier molecular flexibility index (Phi) is 9.79. The van der Waals surface area contributed by atoms with E-state index in [9.17, 15) is 31.2 Å². The van der Waals surface area contributed by atoms with Crippen LogP contribution in [0.5, 0.6) is 0 Å². The second-order valence-electron chi connectivity index (χ2n) is 9.17. The number of benzene rings is 2. The zero-order chi connectivity index (χ0) is 29.1. The normalized spacial score (nSPS) is 16.6. The molecule has 1 aliphatic heterocycles. The Labute approximate surface area is 234 Å². The molecule has 1 aliphatic rings. The van der Waals surface area contributed by atoms with Gasteiger partial charge in [0.15, 0.2) is 9.84 Å². The first-order valence-corrected chi connectivity index (χ1v) is 14.5. The molecule has 2 amide bonds. The molecular formula is C25H28Cl2F3N3O5S. The molecule has 2 N–H and O–H groups in total. The fraction of sp³-hybridized carbons (Fsp3) is 0.440. The van der Waals surface area contributed by atoms with E-state index >= 15 is 0 Å². The van der Waals surface area contributed by atoms with Gasteiger partial charge in [-0.25, -0.2) is 13.2 Å². The molecule has 0 aromatic heterocycles. The van der Waals surface area contributed by atoms with Crippen LogP contribution in [0.1, 0.15) is 47.7 Å². The van der Waals surface area contributed by atoms with Crippen LogP contribution < -0.4 is 10.2 Å². The number of likely N-dealkylation sites (tertiary alicyclic amines) is 1. The van der Waals surface area contributed by atoms with Crippen LogP contribution in [0.15, 0.2) is 35.2 Å². The summed E-state index contributed by atoms with van der Waals surface area (Å²) in [7, 11) is -2.55. The topological polar surface area (TPSA) is 107 Å². The molecule has 0 bridgehead atoms. The summed E-state index contributed by atoms with van der Waals surface area (Å²) in [5, 5.41) is 11.1. The van der Waals surface area contributed by atoms with Gasteiger partial charge in [0.05, 0.1) is 21.9 Å². The van der Waals surface area contributed by atoms with E-state index in [1.807, 2.05) is 0 Å². The number of nitrogens with one attached hydrogen (secondary N) is 1. The van der Waals surface area contributed by atoms with Crippen molar-refractivity contribution in [2.75, 3.05) is 30.8 Å². The van der Waals surface area contributed by atoms with Crippen LogP contribution in [0.2, 0.25) is 10.0 Å². The lowest BCUT2D eigenvalue weighted by atomic mass is 9.97. The molecule has 0 radical (unpaired) electrons. The van der Waals surface area contributed by atoms with E-state index in [1.54, 1.807) is 4.90 Å². The lowest BCUT2D eigenvalue weighted by Gasteiger charge is -2.36. The maximum Gasteiger partial charge on any atom is 0.416 e. The Morgan fingerprint density at radius 1 is 1.18 bits per heavy atom. The van der Waals surface area contributed by atoms with Crippen molar-refractivity contribution in [3.63, 3.8) is 0 Å². The third kappa shape index (κ3) is 7.36. The van der Waals surface area contributed by atoms with E-state index < -0.39 is 33.6 Å². The Morgan fingerprint density at radius 2 is 1.87 bits per heavy atom. The van der Waals surface area contributed by atoms with Crippen molar-refractivity contribution >= 4 is 50.7 Å². The highest BCUT2D eigenvalue weighted by Crippen LogP contribution is 2.38. The summed E-state index contributed by atoms with van der Waals surface area (Å²) in [6.07, 6.45) is -3.95. The van der Waals surface area contributed by atoms with Gasteiger partial charge in [0.2, 0.25) is 0 Å². The molecule has 14 heteroatoms. The Bertz CT molecular complexity index is 1360. The SMILES string of the molecule is CCS(=O)(=O)c1ccc(Cl)cc1N(C)C(=O)c1cc(Cl)c(CN2CCCC[C@@H]2CNC(=O)O)c(C(F)(F)F)c1. The maximum absolute atomic E-state index is 14.2. The first-order valence-electron chi connectivity index (χ1n) is 12.1. The quantitative estimate of drug-likeness (QED) is 0.397. The van der Waals surface area contributed by atoms with Gasteiger partial charge in [0, 0.05) is 41.8 Å². The number of carbonyl (C=O) groups is 2. The number of sulfone groups is 1. The zero-order valence-electron chi connectivity index (χ0n) is 21.2. The van der Waals surface area contributed by atoms with Crippen molar-refractivity contribution < 1.29 is 36.3 Å². The van der Waals surface area contributed by atoms with Crippen molar-refractivity contribution in [2.24, 2.45) is 0 Å². The molecule has 2 aromatic carbocycles. The van der Waals surface area contributed by atoms with E-state index in [0.717, 1.165) is 23.8 Å². The molecule has 2 aromatic rings. The number of rotatable bonds is 8. The Morgan fingerprint density at radius 3 is 2.49 bits per heavy atom. The summed E-state index contributed by atoms with van der Waals surface area (Å²) in [5.74, 6) is -1.17. The van der Waals surface area contributed by atoms with Gasteiger partial charge in [-0.15, -0.1) is 0 Å². The molecule has 214 valence electrons. The summed E-state index contributed by atoms with van der Waals surface area (Å²) < 4.78 is 67.9. The van der Waals surface area contributed by atoms with Crippen molar-refractivity contribution in [3.8, 4) is 0 Å². The smallest absolute Gasteiger partial charge is 0.416 e. The number of alkyl halides is 3. The fourth-order valence-corrected chi connectivity index (χ4v) is 6.10. The minimum Gasteiger partial charge on any atom is -0.465 e.